The molecule has 0 unspecified atom stereocenters. The van der Waals surface area contributed by atoms with E-state index in [2.05, 4.69) is 45.2 Å². The molecule has 3 saturated carbocycles. The number of fused-ring (bicyclic) bond motifs is 5. The Morgan fingerprint density at radius 1 is 0.955 bits per heavy atom. The molecule has 0 aromatic rings. The van der Waals surface area contributed by atoms with Gasteiger partial charge >= 0.3 is 7.82 Å². The summed E-state index contributed by atoms with van der Waals surface area (Å²) in [5.74, 6) is 3.33. The molecule has 1 aliphatic heterocycles. The first-order valence-electron chi connectivity index (χ1n) is 17.0. The quantitative estimate of drug-likeness (QED) is 0.149. The number of aliphatic hydroxyl groups is 4. The normalized spacial score (nSPS) is 46.6. The first-order chi connectivity index (χ1) is 20.5. The van der Waals surface area contributed by atoms with Crippen molar-refractivity contribution in [2.75, 3.05) is 6.61 Å². The molecule has 0 aromatic heterocycles. The summed E-state index contributed by atoms with van der Waals surface area (Å²) in [5, 5.41) is 43.0. The monoisotopic (exact) mass is 644 g/mol. The molecule has 0 bridgehead atoms. The zero-order valence-electron chi connectivity index (χ0n) is 27.1. The standard InChI is InChI=1S/C33H57O10P/c1-18(2)7-6-8-19(3)22-9-10-23-27-24(12-14-33(22,23)5)32(4)13-11-21(15-20(32)16-25(27)34)42-31-30(37)29(36)28(35)26(43-31)17-41-44(38,39)40/h16,18-19,21-31,34-37H,6-15,17H2,1-5H3,(H2,38,39,40)/t19-,21+,22-,23+,24+,25+,26-,27+,28+,29-,30-,31+,32+,33-/m1/s1. The number of hydrogen-bond acceptors (Lipinski definition) is 8. The average Bonchev–Trinajstić information content (AvgIpc) is 3.30. The molecule has 254 valence electrons. The van der Waals surface area contributed by atoms with Gasteiger partial charge in [-0.2, -0.15) is 0 Å². The van der Waals surface area contributed by atoms with Gasteiger partial charge in [-0.3, -0.25) is 4.52 Å². The predicted molar refractivity (Wildman–Crippen MR) is 164 cm³/mol. The first kappa shape index (κ1) is 34.9. The van der Waals surface area contributed by atoms with Gasteiger partial charge in [0.2, 0.25) is 0 Å². The van der Waals surface area contributed by atoms with E-state index in [0.717, 1.165) is 18.8 Å². The van der Waals surface area contributed by atoms with Crippen LogP contribution in [0.4, 0.5) is 0 Å². The Kier molecular flexibility index (Phi) is 10.5. The van der Waals surface area contributed by atoms with Crippen LogP contribution < -0.4 is 0 Å². The summed E-state index contributed by atoms with van der Waals surface area (Å²) < 4.78 is 27.4. The third kappa shape index (κ3) is 6.78. The molecule has 44 heavy (non-hydrogen) atoms. The Balaban J connectivity index is 1.26. The van der Waals surface area contributed by atoms with Crippen molar-refractivity contribution in [3.05, 3.63) is 11.6 Å². The molecule has 4 fully saturated rings. The highest BCUT2D eigenvalue weighted by molar-refractivity contribution is 7.46. The lowest BCUT2D eigenvalue weighted by atomic mass is 9.46. The zero-order chi connectivity index (χ0) is 32.2. The van der Waals surface area contributed by atoms with Crippen molar-refractivity contribution < 1.29 is 48.8 Å². The fourth-order valence-corrected chi connectivity index (χ4v) is 10.6. The number of phosphoric acid groups is 1. The van der Waals surface area contributed by atoms with Crippen LogP contribution in [0.2, 0.25) is 0 Å². The molecule has 5 aliphatic rings. The Labute approximate surface area is 262 Å². The molecule has 6 N–H and O–H groups in total. The molecular formula is C33H57O10P. The molecule has 14 atom stereocenters. The van der Waals surface area contributed by atoms with Crippen molar-refractivity contribution in [2.24, 2.45) is 46.3 Å². The van der Waals surface area contributed by atoms with Gasteiger partial charge in [0.15, 0.2) is 6.29 Å². The van der Waals surface area contributed by atoms with Crippen molar-refractivity contribution in [2.45, 2.75) is 142 Å². The lowest BCUT2D eigenvalue weighted by Crippen LogP contribution is -2.60. The Bertz CT molecular complexity index is 1080. The summed E-state index contributed by atoms with van der Waals surface area (Å²) in [7, 11) is -4.83. The van der Waals surface area contributed by atoms with E-state index < -0.39 is 51.2 Å². The van der Waals surface area contributed by atoms with Gasteiger partial charge in [-0.05, 0) is 91.3 Å². The van der Waals surface area contributed by atoms with Gasteiger partial charge in [-0.1, -0.05) is 65.5 Å². The summed E-state index contributed by atoms with van der Waals surface area (Å²) in [6.07, 6.45) is 4.62. The fourth-order valence-electron chi connectivity index (χ4n) is 10.3. The molecule has 1 heterocycles. The van der Waals surface area contributed by atoms with Crippen LogP contribution in [0.15, 0.2) is 11.6 Å². The van der Waals surface area contributed by atoms with E-state index in [0.29, 0.717) is 36.5 Å². The maximum atomic E-state index is 11.7. The second-order valence-electron chi connectivity index (χ2n) is 15.7. The van der Waals surface area contributed by atoms with Crippen LogP contribution in [0, 0.1) is 46.3 Å². The highest BCUT2D eigenvalue weighted by atomic mass is 31.2. The van der Waals surface area contributed by atoms with E-state index >= 15 is 0 Å². The SMILES string of the molecule is CC(C)CCC[C@@H](C)[C@H]1CC[C@H]2[C@@H]3[C@@H](O)C=C4C[C@@H](O[C@H]5O[C@H](COP(=O)(O)O)[C@H](O)[C@@H](O)[C@H]5O)CC[C@]4(C)[C@H]3CC[C@]12C. The third-order valence-electron chi connectivity index (χ3n) is 12.7. The Hall–Kier alpha value is -0.390. The van der Waals surface area contributed by atoms with Gasteiger partial charge in [0.1, 0.15) is 24.4 Å². The van der Waals surface area contributed by atoms with Crippen molar-refractivity contribution >= 4 is 7.82 Å². The van der Waals surface area contributed by atoms with Gasteiger partial charge in [-0.25, -0.2) is 4.57 Å². The lowest BCUT2D eigenvalue weighted by Gasteiger charge is -2.59. The average molecular weight is 645 g/mol. The molecule has 0 aromatic carbocycles. The minimum Gasteiger partial charge on any atom is -0.389 e. The molecular weight excluding hydrogens is 587 g/mol. The van der Waals surface area contributed by atoms with Crippen molar-refractivity contribution in [1.82, 2.24) is 0 Å². The van der Waals surface area contributed by atoms with E-state index in [1.165, 1.54) is 44.1 Å². The maximum Gasteiger partial charge on any atom is 0.469 e. The van der Waals surface area contributed by atoms with Gasteiger partial charge in [0.05, 0.1) is 18.8 Å². The minimum atomic E-state index is -4.83. The number of aliphatic hydroxyl groups excluding tert-OH is 4. The number of rotatable bonds is 10. The van der Waals surface area contributed by atoms with E-state index in [1.807, 2.05) is 0 Å². The van der Waals surface area contributed by atoms with Crippen LogP contribution in [0.1, 0.15) is 98.8 Å². The molecule has 10 nitrogen and oxygen atoms in total. The highest BCUT2D eigenvalue weighted by Gasteiger charge is 2.61. The van der Waals surface area contributed by atoms with E-state index in [-0.39, 0.29) is 22.9 Å². The van der Waals surface area contributed by atoms with Gasteiger partial charge < -0.3 is 39.7 Å². The summed E-state index contributed by atoms with van der Waals surface area (Å²) in [5.41, 5.74) is 1.39. The molecule has 0 radical (unpaired) electrons. The predicted octanol–water partition coefficient (Wildman–Crippen LogP) is 4.30. The summed E-state index contributed by atoms with van der Waals surface area (Å²) in [6, 6.07) is 0. The third-order valence-corrected chi connectivity index (χ3v) is 13.2. The van der Waals surface area contributed by atoms with Gasteiger partial charge in [-0.15, -0.1) is 0 Å². The van der Waals surface area contributed by atoms with Crippen LogP contribution in [-0.4, -0.2) is 79.7 Å². The topological polar surface area (TPSA) is 166 Å². The second kappa shape index (κ2) is 13.3. The van der Waals surface area contributed by atoms with E-state index in [1.54, 1.807) is 0 Å². The summed E-state index contributed by atoms with van der Waals surface area (Å²) in [4.78, 5) is 18.1. The van der Waals surface area contributed by atoms with Crippen LogP contribution in [0.5, 0.6) is 0 Å². The lowest BCUT2D eigenvalue weighted by molar-refractivity contribution is -0.312. The molecule has 11 heteroatoms. The van der Waals surface area contributed by atoms with E-state index in [4.69, 9.17) is 19.3 Å². The minimum absolute atomic E-state index is 0.0480. The van der Waals surface area contributed by atoms with E-state index in [9.17, 15) is 25.0 Å². The van der Waals surface area contributed by atoms with Crippen molar-refractivity contribution in [3.63, 3.8) is 0 Å². The fraction of sp³-hybridized carbons (Fsp3) is 0.939. The van der Waals surface area contributed by atoms with Gasteiger partial charge in [0, 0.05) is 0 Å². The maximum absolute atomic E-state index is 11.7. The number of hydrogen-bond donors (Lipinski definition) is 6. The molecule has 0 amide bonds. The van der Waals surface area contributed by atoms with Crippen molar-refractivity contribution in [1.29, 1.82) is 0 Å². The molecule has 0 spiro atoms. The molecule has 4 aliphatic carbocycles. The summed E-state index contributed by atoms with van der Waals surface area (Å²) in [6.45, 7) is 11.3. The van der Waals surface area contributed by atoms with Gasteiger partial charge in [0.25, 0.3) is 0 Å². The Morgan fingerprint density at radius 3 is 2.36 bits per heavy atom. The molecule has 5 rings (SSSR count). The summed E-state index contributed by atoms with van der Waals surface area (Å²) >= 11 is 0. The second-order valence-corrected chi connectivity index (χ2v) is 17.0. The number of phosphoric ester groups is 1. The van der Waals surface area contributed by atoms with Crippen molar-refractivity contribution in [3.8, 4) is 0 Å². The van der Waals surface area contributed by atoms with Crippen LogP contribution in [-0.2, 0) is 18.6 Å². The highest BCUT2D eigenvalue weighted by Crippen LogP contribution is 2.67. The zero-order valence-corrected chi connectivity index (χ0v) is 28.0. The van der Waals surface area contributed by atoms with Crippen LogP contribution in [0.25, 0.3) is 0 Å². The molecule has 1 saturated heterocycles. The number of ether oxygens (including phenoxy) is 2. The first-order valence-corrected chi connectivity index (χ1v) is 18.5. The Morgan fingerprint density at radius 2 is 1.68 bits per heavy atom. The van der Waals surface area contributed by atoms with Crippen LogP contribution in [0.3, 0.4) is 0 Å². The largest absolute Gasteiger partial charge is 0.469 e. The smallest absolute Gasteiger partial charge is 0.389 e. The van der Waals surface area contributed by atoms with Crippen LogP contribution >= 0.6 is 7.82 Å².